The van der Waals surface area contributed by atoms with Crippen molar-refractivity contribution in [3.63, 3.8) is 0 Å². The number of carbonyl (C=O) groups excluding carboxylic acids is 1. The van der Waals surface area contributed by atoms with Gasteiger partial charge in [-0.1, -0.05) is 54.6 Å². The van der Waals surface area contributed by atoms with E-state index in [2.05, 4.69) is 0 Å². The molecule has 0 amide bonds. The first-order chi connectivity index (χ1) is 28.0. The predicted octanol–water partition coefficient (Wildman–Crippen LogP) is 3.75. The van der Waals surface area contributed by atoms with Crippen molar-refractivity contribution in [2.24, 2.45) is 0 Å². The summed E-state index contributed by atoms with van der Waals surface area (Å²) in [5, 5.41) is 21.5. The van der Waals surface area contributed by atoms with E-state index in [1.165, 1.54) is 27.4 Å². The number of aliphatic hydroxyl groups excluding tert-OH is 2. The molecule has 3 N–H and O–H groups in total. The largest absolute Gasteiger partial charge is 0.497 e. The van der Waals surface area contributed by atoms with Crippen LogP contribution in [-0.4, -0.2) is 92.8 Å². The van der Waals surface area contributed by atoms with Gasteiger partial charge in [-0.25, -0.2) is 9.59 Å². The fourth-order valence-electron chi connectivity index (χ4n) is 7.01. The summed E-state index contributed by atoms with van der Waals surface area (Å²) >= 11 is 0. The van der Waals surface area contributed by atoms with E-state index in [-0.39, 0.29) is 35.8 Å². The highest BCUT2D eigenvalue weighted by Crippen LogP contribution is 2.45. The van der Waals surface area contributed by atoms with E-state index >= 15 is 0 Å². The van der Waals surface area contributed by atoms with E-state index in [1.807, 2.05) is 78.9 Å². The number of hydrogen-bond donors (Lipinski definition) is 3. The van der Waals surface area contributed by atoms with Crippen LogP contribution in [0.1, 0.15) is 38.8 Å². The molecule has 0 saturated carbocycles. The molecule has 0 radical (unpaired) electrons. The monoisotopic (exact) mass is 802 g/mol. The van der Waals surface area contributed by atoms with Crippen LogP contribution < -0.4 is 34.9 Å². The average Bonchev–Trinajstić information content (AvgIpc) is 3.54. The number of aromatic amines is 1. The van der Waals surface area contributed by atoms with Gasteiger partial charge in [0.2, 0.25) is 11.6 Å². The summed E-state index contributed by atoms with van der Waals surface area (Å²) in [7, 11) is 7.39. The minimum Gasteiger partial charge on any atom is -0.497 e. The Balaban J connectivity index is 1.34. The number of nitrogens with one attached hydrogen (secondary N) is 1. The Bertz CT molecular complexity index is 2270. The molecule has 16 heteroatoms. The smallest absolute Gasteiger partial charge is 0.338 e. The number of H-pyrrole nitrogens is 1. The van der Waals surface area contributed by atoms with E-state index in [9.17, 15) is 29.0 Å². The van der Waals surface area contributed by atoms with Gasteiger partial charge in [-0.3, -0.25) is 14.3 Å². The summed E-state index contributed by atoms with van der Waals surface area (Å²) < 4.78 is 60.9. The first-order valence-corrected chi connectivity index (χ1v) is 18.0. The summed E-state index contributed by atoms with van der Waals surface area (Å²) in [6.45, 7) is -0.602. The van der Waals surface area contributed by atoms with Crippen LogP contribution >= 0.6 is 0 Å². The molecule has 0 bridgehead atoms. The SMILES string of the molecule is COc1ccc(C(OCCc2c(C(=O)OC[C@H]3O[C@@H](n4cc(F)c(=O)[nH]c4=O)[C@H](O)[C@@H]3O)cc(OC)c(OC)c2OC)(c2ccccc2)c2ccc(OC)cc2)cc1. The van der Waals surface area contributed by atoms with Gasteiger partial charge in [-0.05, 0) is 47.0 Å². The number of halogens is 1. The van der Waals surface area contributed by atoms with Gasteiger partial charge >= 0.3 is 11.7 Å². The fourth-order valence-corrected chi connectivity index (χ4v) is 7.01. The lowest BCUT2D eigenvalue weighted by atomic mass is 9.80. The number of carbonyl (C=O) groups is 1. The molecule has 1 saturated heterocycles. The molecule has 4 aromatic carbocycles. The summed E-state index contributed by atoms with van der Waals surface area (Å²) in [6.07, 6.45) is -5.76. The third-order valence-electron chi connectivity index (χ3n) is 9.91. The highest BCUT2D eigenvalue weighted by atomic mass is 19.1. The Morgan fingerprint density at radius 3 is 1.93 bits per heavy atom. The van der Waals surface area contributed by atoms with Gasteiger partial charge in [-0.2, -0.15) is 4.39 Å². The summed E-state index contributed by atoms with van der Waals surface area (Å²) in [5.74, 6) is -0.378. The molecule has 306 valence electrons. The molecule has 0 spiro atoms. The van der Waals surface area contributed by atoms with Crippen LogP contribution in [0.3, 0.4) is 0 Å². The zero-order valence-corrected chi connectivity index (χ0v) is 32.3. The van der Waals surface area contributed by atoms with Crippen LogP contribution in [0.4, 0.5) is 4.39 Å². The van der Waals surface area contributed by atoms with E-state index in [0.29, 0.717) is 27.8 Å². The van der Waals surface area contributed by atoms with Crippen LogP contribution in [-0.2, 0) is 26.2 Å². The lowest BCUT2D eigenvalue weighted by Gasteiger charge is -2.36. The number of aromatic nitrogens is 2. The van der Waals surface area contributed by atoms with Gasteiger partial charge in [0.05, 0.1) is 53.9 Å². The van der Waals surface area contributed by atoms with Crippen molar-refractivity contribution in [2.75, 3.05) is 48.8 Å². The van der Waals surface area contributed by atoms with Crippen molar-refractivity contribution in [3.8, 4) is 28.7 Å². The van der Waals surface area contributed by atoms with E-state index in [4.69, 9.17) is 37.9 Å². The Morgan fingerprint density at radius 1 is 0.793 bits per heavy atom. The number of nitrogens with zero attached hydrogens (tertiary/aromatic N) is 1. The molecule has 2 heterocycles. The predicted molar refractivity (Wildman–Crippen MR) is 206 cm³/mol. The second kappa shape index (κ2) is 17.9. The number of esters is 1. The molecular formula is C42H43FN2O13. The van der Waals surface area contributed by atoms with E-state index in [0.717, 1.165) is 16.7 Å². The number of ether oxygens (including phenoxy) is 8. The Morgan fingerprint density at radius 2 is 1.38 bits per heavy atom. The fraction of sp³-hybridized carbons (Fsp3) is 0.310. The first-order valence-electron chi connectivity index (χ1n) is 18.0. The van der Waals surface area contributed by atoms with Gasteiger partial charge in [0, 0.05) is 12.0 Å². The second-order valence-electron chi connectivity index (χ2n) is 13.1. The molecule has 58 heavy (non-hydrogen) atoms. The normalized spacial score (nSPS) is 17.7. The Kier molecular flexibility index (Phi) is 12.8. The molecule has 0 aliphatic carbocycles. The maximum absolute atomic E-state index is 14.0. The molecule has 1 fully saturated rings. The number of benzene rings is 4. The molecule has 4 atom stereocenters. The lowest BCUT2D eigenvalue weighted by Crippen LogP contribution is -2.38. The van der Waals surface area contributed by atoms with Crippen molar-refractivity contribution >= 4 is 5.97 Å². The van der Waals surface area contributed by atoms with Crippen molar-refractivity contribution in [1.29, 1.82) is 0 Å². The van der Waals surface area contributed by atoms with Crippen molar-refractivity contribution < 1.29 is 57.3 Å². The van der Waals surface area contributed by atoms with Gasteiger partial charge in [0.1, 0.15) is 42.0 Å². The van der Waals surface area contributed by atoms with E-state index in [1.54, 1.807) is 19.2 Å². The summed E-state index contributed by atoms with van der Waals surface area (Å²) in [6, 6.07) is 26.1. The molecule has 1 aromatic heterocycles. The number of hydrogen-bond acceptors (Lipinski definition) is 13. The molecule has 15 nitrogen and oxygen atoms in total. The molecule has 6 rings (SSSR count). The number of rotatable bonds is 16. The standard InChI is InChI=1S/C42H43FN2O13/c1-51-27-15-11-25(12-16-27)42(24-9-7-6-8-10-24,26-13-17-28(52-2)18-14-26)57-20-19-29-30(21-32(53-3)37(55-5)36(29)54-4)40(49)56-23-33-34(46)35(47)39(58-33)45-22-31(43)38(48)44-41(45)50/h6-18,21-22,33-35,39,46-47H,19-20,23H2,1-5H3,(H,44,48,50)/t33-,34-,35-,39-/m1/s1. The third kappa shape index (κ3) is 7.99. The highest BCUT2D eigenvalue weighted by Gasteiger charge is 2.45. The maximum atomic E-state index is 14.0. The highest BCUT2D eigenvalue weighted by molar-refractivity contribution is 5.93. The van der Waals surface area contributed by atoms with Crippen molar-refractivity contribution in [2.45, 2.75) is 36.6 Å². The minimum absolute atomic E-state index is 0.000756. The van der Waals surface area contributed by atoms with Crippen LogP contribution in [0.2, 0.25) is 0 Å². The van der Waals surface area contributed by atoms with Gasteiger partial charge in [0.25, 0.3) is 5.56 Å². The topological polar surface area (TPSA) is 186 Å². The van der Waals surface area contributed by atoms with Crippen LogP contribution in [0.15, 0.2) is 101 Å². The number of aliphatic hydroxyl groups is 2. The average molecular weight is 803 g/mol. The van der Waals surface area contributed by atoms with Crippen LogP contribution in [0, 0.1) is 5.82 Å². The zero-order chi connectivity index (χ0) is 41.6. The summed E-state index contributed by atoms with van der Waals surface area (Å²) in [4.78, 5) is 39.7. The molecule has 5 aromatic rings. The van der Waals surface area contributed by atoms with E-state index < -0.39 is 59.8 Å². The van der Waals surface area contributed by atoms with Crippen LogP contribution in [0.25, 0.3) is 0 Å². The Hall–Kier alpha value is -6.20. The number of methoxy groups -OCH3 is 5. The first kappa shape index (κ1) is 41.4. The molecule has 0 unspecified atom stereocenters. The molecule has 1 aliphatic heterocycles. The van der Waals surface area contributed by atoms with Gasteiger partial charge in [0.15, 0.2) is 17.7 Å². The van der Waals surface area contributed by atoms with Crippen LogP contribution in [0.5, 0.6) is 28.7 Å². The van der Waals surface area contributed by atoms with Crippen molar-refractivity contribution in [1.82, 2.24) is 9.55 Å². The zero-order valence-electron chi connectivity index (χ0n) is 32.3. The Labute approximate surface area is 332 Å². The minimum atomic E-state index is -1.75. The van der Waals surface area contributed by atoms with Gasteiger partial charge < -0.3 is 48.1 Å². The maximum Gasteiger partial charge on any atom is 0.338 e. The second-order valence-corrected chi connectivity index (χ2v) is 13.1. The molecular weight excluding hydrogens is 759 g/mol. The van der Waals surface area contributed by atoms with Crippen molar-refractivity contribution in [3.05, 3.63) is 146 Å². The summed E-state index contributed by atoms with van der Waals surface area (Å²) in [5.41, 5.74) is -0.825. The molecule has 1 aliphatic rings. The van der Waals surface area contributed by atoms with Gasteiger partial charge in [-0.15, -0.1) is 0 Å². The quantitative estimate of drug-likeness (QED) is 0.0969. The lowest BCUT2D eigenvalue weighted by molar-refractivity contribution is -0.0602. The third-order valence-corrected chi connectivity index (χ3v) is 9.91.